The molecule has 1 saturated heterocycles. The van der Waals surface area contributed by atoms with E-state index in [4.69, 9.17) is 21.7 Å². The summed E-state index contributed by atoms with van der Waals surface area (Å²) in [4.78, 5) is 12.6. The molecular weight excluding hydrogens is 344 g/mol. The van der Waals surface area contributed by atoms with E-state index in [-0.39, 0.29) is 17.1 Å². The molecule has 1 aliphatic rings. The molecule has 1 unspecified atom stereocenters. The molecule has 0 radical (unpaired) electrons. The molecule has 1 aromatic heterocycles. The molecule has 1 atom stereocenters. The number of thiocarbonyl (C=S) groups is 1. The number of nitrogens with one attached hydrogen (secondary N) is 2. The molecule has 126 valence electrons. The number of anilines is 1. The number of carbonyl (C=O) groups excluding carboxylic acids is 1. The number of thiophene rings is 1. The van der Waals surface area contributed by atoms with Crippen molar-refractivity contribution < 1.29 is 14.3 Å². The van der Waals surface area contributed by atoms with Crippen molar-refractivity contribution >= 4 is 40.3 Å². The minimum atomic E-state index is -0.215. The average molecular weight is 362 g/mol. The number of amides is 1. The Bertz CT molecular complexity index is 698. The van der Waals surface area contributed by atoms with Gasteiger partial charge in [-0.15, -0.1) is 11.3 Å². The fourth-order valence-corrected chi connectivity index (χ4v) is 3.19. The van der Waals surface area contributed by atoms with Gasteiger partial charge in [-0.25, -0.2) is 0 Å². The molecule has 0 bridgehead atoms. The van der Waals surface area contributed by atoms with E-state index in [0.717, 1.165) is 30.9 Å². The highest BCUT2D eigenvalue weighted by molar-refractivity contribution is 7.80. The molecule has 0 saturated carbocycles. The maximum atomic E-state index is 12.0. The van der Waals surface area contributed by atoms with Gasteiger partial charge in [-0.3, -0.25) is 10.1 Å². The zero-order valence-corrected chi connectivity index (χ0v) is 14.6. The minimum absolute atomic E-state index is 0.174. The molecule has 1 amide bonds. The van der Waals surface area contributed by atoms with Crippen molar-refractivity contribution in [3.8, 4) is 5.75 Å². The van der Waals surface area contributed by atoms with Gasteiger partial charge in [0.15, 0.2) is 5.11 Å². The summed E-state index contributed by atoms with van der Waals surface area (Å²) in [6.45, 7) is 1.36. The van der Waals surface area contributed by atoms with Crippen LogP contribution in [0, 0.1) is 0 Å². The summed E-state index contributed by atoms with van der Waals surface area (Å²) >= 11 is 6.55. The second-order valence-electron chi connectivity index (χ2n) is 5.36. The summed E-state index contributed by atoms with van der Waals surface area (Å²) in [7, 11) is 0. The number of ether oxygens (including phenoxy) is 2. The number of rotatable bonds is 5. The molecular formula is C17H18N2O3S2. The van der Waals surface area contributed by atoms with Gasteiger partial charge in [-0.05, 0) is 48.6 Å². The molecule has 24 heavy (non-hydrogen) atoms. The number of hydrogen-bond donors (Lipinski definition) is 2. The van der Waals surface area contributed by atoms with Crippen molar-refractivity contribution in [2.45, 2.75) is 18.9 Å². The van der Waals surface area contributed by atoms with E-state index >= 15 is 0 Å². The topological polar surface area (TPSA) is 59.6 Å². The zero-order chi connectivity index (χ0) is 16.8. The van der Waals surface area contributed by atoms with E-state index in [1.807, 2.05) is 35.7 Å². The Morgan fingerprint density at radius 2 is 2.29 bits per heavy atom. The first kappa shape index (κ1) is 16.9. The molecule has 2 N–H and O–H groups in total. The monoisotopic (exact) mass is 362 g/mol. The molecule has 2 heterocycles. The maximum absolute atomic E-state index is 12.0. The van der Waals surface area contributed by atoms with Gasteiger partial charge in [0, 0.05) is 18.4 Å². The van der Waals surface area contributed by atoms with Crippen LogP contribution in [0.2, 0.25) is 0 Å². The Hall–Kier alpha value is -1.96. The third-order valence-electron chi connectivity index (χ3n) is 3.52. The van der Waals surface area contributed by atoms with E-state index in [2.05, 4.69) is 10.6 Å². The van der Waals surface area contributed by atoms with Gasteiger partial charge in [0.25, 0.3) is 5.91 Å². The van der Waals surface area contributed by atoms with Crippen LogP contribution in [0.5, 0.6) is 5.75 Å². The van der Waals surface area contributed by atoms with Gasteiger partial charge in [-0.1, -0.05) is 12.1 Å². The zero-order valence-electron chi connectivity index (χ0n) is 13.0. The molecule has 1 fully saturated rings. The van der Waals surface area contributed by atoms with Crippen molar-refractivity contribution in [1.82, 2.24) is 5.32 Å². The molecule has 1 aliphatic heterocycles. The summed E-state index contributed by atoms with van der Waals surface area (Å²) in [5, 5.41) is 7.76. The summed E-state index contributed by atoms with van der Waals surface area (Å²) in [5.74, 6) is 0.524. The number of carbonyl (C=O) groups is 1. The third-order valence-corrected chi connectivity index (χ3v) is 4.60. The quantitative estimate of drug-likeness (QED) is 0.798. The second-order valence-corrected chi connectivity index (χ2v) is 6.72. The van der Waals surface area contributed by atoms with Crippen LogP contribution in [0.25, 0.3) is 0 Å². The first-order chi connectivity index (χ1) is 11.7. The predicted octanol–water partition coefficient (Wildman–Crippen LogP) is 3.43. The first-order valence-corrected chi connectivity index (χ1v) is 9.00. The number of benzene rings is 1. The molecule has 3 rings (SSSR count). The largest absolute Gasteiger partial charge is 0.491 e. The average Bonchev–Trinajstić information content (AvgIpc) is 3.27. The van der Waals surface area contributed by atoms with Gasteiger partial charge >= 0.3 is 0 Å². The molecule has 5 nitrogen and oxygen atoms in total. The standard InChI is InChI=1S/C17H18N2O3S2/c20-16(15-7-3-9-24-15)19-17(23)18-12-4-1-5-13(10-12)22-11-14-6-2-8-21-14/h1,3-5,7,9-10,14H,2,6,8,11H2,(H2,18,19,20,23). The lowest BCUT2D eigenvalue weighted by molar-refractivity contribution is 0.0680. The van der Waals surface area contributed by atoms with Crippen LogP contribution in [-0.4, -0.2) is 30.3 Å². The van der Waals surface area contributed by atoms with Gasteiger partial charge in [0.05, 0.1) is 11.0 Å². The highest BCUT2D eigenvalue weighted by Gasteiger charge is 2.16. The van der Waals surface area contributed by atoms with Crippen LogP contribution in [0.3, 0.4) is 0 Å². The summed E-state index contributed by atoms with van der Waals surface area (Å²) < 4.78 is 11.3. The SMILES string of the molecule is O=C(NC(=S)Nc1cccc(OCC2CCCO2)c1)c1cccs1. The molecule has 0 aliphatic carbocycles. The normalized spacial score (nSPS) is 16.6. The highest BCUT2D eigenvalue weighted by Crippen LogP contribution is 2.19. The Morgan fingerprint density at radius 1 is 1.38 bits per heavy atom. The van der Waals surface area contributed by atoms with Crippen LogP contribution in [0.4, 0.5) is 5.69 Å². The predicted molar refractivity (Wildman–Crippen MR) is 98.9 cm³/mol. The van der Waals surface area contributed by atoms with Crippen molar-refractivity contribution in [3.63, 3.8) is 0 Å². The van der Waals surface area contributed by atoms with Gasteiger partial charge in [0.2, 0.25) is 0 Å². The fourth-order valence-electron chi connectivity index (χ4n) is 2.36. The summed E-state index contributed by atoms with van der Waals surface area (Å²) in [5.41, 5.74) is 0.760. The van der Waals surface area contributed by atoms with E-state index in [9.17, 15) is 4.79 Å². The van der Waals surface area contributed by atoms with Crippen molar-refractivity contribution in [1.29, 1.82) is 0 Å². The van der Waals surface area contributed by atoms with Crippen molar-refractivity contribution in [3.05, 3.63) is 46.7 Å². The van der Waals surface area contributed by atoms with Crippen LogP contribution < -0.4 is 15.4 Å². The Morgan fingerprint density at radius 3 is 3.04 bits per heavy atom. The minimum Gasteiger partial charge on any atom is -0.491 e. The van der Waals surface area contributed by atoms with Gasteiger partial charge < -0.3 is 14.8 Å². The second kappa shape index (κ2) is 8.23. The van der Waals surface area contributed by atoms with Gasteiger partial charge in [-0.2, -0.15) is 0 Å². The van der Waals surface area contributed by atoms with E-state index < -0.39 is 0 Å². The van der Waals surface area contributed by atoms with Crippen LogP contribution in [0.15, 0.2) is 41.8 Å². The lowest BCUT2D eigenvalue weighted by Crippen LogP contribution is -2.33. The summed E-state index contributed by atoms with van der Waals surface area (Å²) in [6.07, 6.45) is 2.30. The lowest BCUT2D eigenvalue weighted by Gasteiger charge is -2.13. The maximum Gasteiger partial charge on any atom is 0.267 e. The Kier molecular flexibility index (Phi) is 5.79. The molecule has 1 aromatic carbocycles. The van der Waals surface area contributed by atoms with Crippen LogP contribution >= 0.6 is 23.6 Å². The first-order valence-electron chi connectivity index (χ1n) is 7.71. The third kappa shape index (κ3) is 4.77. The lowest BCUT2D eigenvalue weighted by atomic mass is 10.2. The Balaban J connectivity index is 1.51. The highest BCUT2D eigenvalue weighted by atomic mass is 32.1. The number of hydrogen-bond acceptors (Lipinski definition) is 5. The Labute approximate surface area is 150 Å². The van der Waals surface area contributed by atoms with Crippen molar-refractivity contribution in [2.24, 2.45) is 0 Å². The molecule has 2 aromatic rings. The molecule has 0 spiro atoms. The van der Waals surface area contributed by atoms with E-state index in [1.165, 1.54) is 11.3 Å². The van der Waals surface area contributed by atoms with Crippen LogP contribution in [0.1, 0.15) is 22.5 Å². The summed E-state index contributed by atoms with van der Waals surface area (Å²) in [6, 6.07) is 11.0. The smallest absolute Gasteiger partial charge is 0.267 e. The van der Waals surface area contributed by atoms with Gasteiger partial charge in [0.1, 0.15) is 12.4 Å². The van der Waals surface area contributed by atoms with E-state index in [1.54, 1.807) is 6.07 Å². The van der Waals surface area contributed by atoms with Crippen LogP contribution in [-0.2, 0) is 4.74 Å². The van der Waals surface area contributed by atoms with Crippen molar-refractivity contribution in [2.75, 3.05) is 18.5 Å². The fraction of sp³-hybridized carbons (Fsp3) is 0.294. The molecule has 7 heteroatoms. The van der Waals surface area contributed by atoms with E-state index in [0.29, 0.717) is 11.5 Å².